The molecule has 4 nitrogen and oxygen atoms in total. The molecule has 1 saturated carbocycles. The Bertz CT molecular complexity index is 537. The van der Waals surface area contributed by atoms with Crippen LogP contribution >= 0.6 is 0 Å². The van der Waals surface area contributed by atoms with Gasteiger partial charge >= 0.3 is 0 Å². The first-order chi connectivity index (χ1) is 9.63. The number of nitrogens with zero attached hydrogens (tertiary/aromatic N) is 1. The minimum absolute atomic E-state index is 0.0225. The van der Waals surface area contributed by atoms with Crippen LogP contribution < -0.4 is 5.32 Å². The van der Waals surface area contributed by atoms with Gasteiger partial charge in [-0.3, -0.25) is 9.59 Å². The predicted octanol–water partition coefficient (Wildman–Crippen LogP) is 1.27. The zero-order valence-electron chi connectivity index (χ0n) is 11.8. The largest absolute Gasteiger partial charge is 0.342 e. The number of amides is 2. The molecule has 0 radical (unpaired) electrons. The van der Waals surface area contributed by atoms with Crippen LogP contribution in [0.2, 0.25) is 0 Å². The van der Waals surface area contributed by atoms with E-state index < -0.39 is 0 Å². The number of nitrogens with one attached hydrogen (secondary N) is 1. The van der Waals surface area contributed by atoms with Gasteiger partial charge in [0.15, 0.2) is 0 Å². The molecule has 1 saturated heterocycles. The third-order valence-electron chi connectivity index (χ3n) is 4.07. The van der Waals surface area contributed by atoms with Crippen molar-refractivity contribution in [3.8, 4) is 0 Å². The summed E-state index contributed by atoms with van der Waals surface area (Å²) in [5, 5.41) is 2.84. The first-order valence-corrected chi connectivity index (χ1v) is 7.27. The van der Waals surface area contributed by atoms with Gasteiger partial charge in [0.25, 0.3) is 0 Å². The Morgan fingerprint density at radius 3 is 2.80 bits per heavy atom. The molecule has 106 valence electrons. The summed E-state index contributed by atoms with van der Waals surface area (Å²) >= 11 is 0. The molecule has 1 heterocycles. The van der Waals surface area contributed by atoms with Crippen molar-refractivity contribution in [2.45, 2.75) is 32.2 Å². The summed E-state index contributed by atoms with van der Waals surface area (Å²) in [6, 6.07) is 8.02. The second-order valence-corrected chi connectivity index (χ2v) is 5.88. The topological polar surface area (TPSA) is 49.4 Å². The highest BCUT2D eigenvalue weighted by Crippen LogP contribution is 2.34. The summed E-state index contributed by atoms with van der Waals surface area (Å²) in [4.78, 5) is 25.8. The van der Waals surface area contributed by atoms with E-state index in [9.17, 15) is 9.59 Å². The molecule has 20 heavy (non-hydrogen) atoms. The van der Waals surface area contributed by atoms with Crippen LogP contribution in [-0.4, -0.2) is 35.8 Å². The summed E-state index contributed by atoms with van der Waals surface area (Å²) < 4.78 is 0. The zero-order chi connectivity index (χ0) is 14.1. The van der Waals surface area contributed by atoms with Gasteiger partial charge in [0.05, 0.1) is 6.54 Å². The Labute approximate surface area is 119 Å². The fourth-order valence-electron chi connectivity index (χ4n) is 2.80. The maximum atomic E-state index is 12.4. The monoisotopic (exact) mass is 272 g/mol. The standard InChI is InChI=1S/C16H20N2O2/c1-11-3-2-4-12(9-11)7-8-18-10-14(19)17-15(16(18)20)13-5-6-13/h2-4,9,13,15H,5-8,10H2,1H3,(H,17,19). The third kappa shape index (κ3) is 2.84. The Hall–Kier alpha value is -1.84. The van der Waals surface area contributed by atoms with Crippen LogP contribution in [0.25, 0.3) is 0 Å². The zero-order valence-corrected chi connectivity index (χ0v) is 11.8. The summed E-state index contributed by atoms with van der Waals surface area (Å²) in [5.74, 6) is 0.443. The molecule has 4 heteroatoms. The molecule has 1 atom stereocenters. The van der Waals surface area contributed by atoms with Gasteiger partial charge in [-0.15, -0.1) is 0 Å². The first kappa shape index (κ1) is 13.2. The molecule has 2 fully saturated rings. The number of benzene rings is 1. The Morgan fingerprint density at radius 1 is 1.30 bits per heavy atom. The molecule has 1 aromatic carbocycles. The molecule has 0 bridgehead atoms. The van der Waals surface area contributed by atoms with Crippen molar-refractivity contribution < 1.29 is 9.59 Å². The van der Waals surface area contributed by atoms with Crippen LogP contribution in [0, 0.1) is 12.8 Å². The van der Waals surface area contributed by atoms with Crippen molar-refractivity contribution in [1.29, 1.82) is 0 Å². The van der Waals surface area contributed by atoms with E-state index >= 15 is 0 Å². The number of hydrogen-bond donors (Lipinski definition) is 1. The van der Waals surface area contributed by atoms with Gasteiger partial charge in [-0.1, -0.05) is 29.8 Å². The summed E-state index contributed by atoms with van der Waals surface area (Å²) in [6.45, 7) is 2.89. The highest BCUT2D eigenvalue weighted by molar-refractivity contribution is 5.95. The minimum atomic E-state index is -0.270. The van der Waals surface area contributed by atoms with Crippen LogP contribution in [0.15, 0.2) is 24.3 Å². The maximum Gasteiger partial charge on any atom is 0.245 e. The first-order valence-electron chi connectivity index (χ1n) is 7.27. The van der Waals surface area contributed by atoms with Gasteiger partial charge in [-0.25, -0.2) is 0 Å². The molecular weight excluding hydrogens is 252 g/mol. The fraction of sp³-hybridized carbons (Fsp3) is 0.500. The van der Waals surface area contributed by atoms with Crippen LogP contribution in [-0.2, 0) is 16.0 Å². The predicted molar refractivity (Wildman–Crippen MR) is 76.1 cm³/mol. The summed E-state index contributed by atoms with van der Waals surface area (Å²) in [7, 11) is 0. The third-order valence-corrected chi connectivity index (χ3v) is 4.07. The maximum absolute atomic E-state index is 12.4. The quantitative estimate of drug-likeness (QED) is 0.897. The second kappa shape index (κ2) is 5.27. The molecule has 1 aromatic rings. The van der Waals surface area contributed by atoms with Gasteiger partial charge in [0.1, 0.15) is 6.04 Å². The van der Waals surface area contributed by atoms with Crippen molar-refractivity contribution in [2.24, 2.45) is 5.92 Å². The molecule has 0 spiro atoms. The number of rotatable bonds is 4. The fourth-order valence-corrected chi connectivity index (χ4v) is 2.80. The van der Waals surface area contributed by atoms with Crippen molar-refractivity contribution in [1.82, 2.24) is 10.2 Å². The van der Waals surface area contributed by atoms with Crippen LogP contribution in [0.5, 0.6) is 0 Å². The number of aryl methyl sites for hydroxylation is 1. The van der Waals surface area contributed by atoms with Gasteiger partial charge in [0, 0.05) is 6.54 Å². The van der Waals surface area contributed by atoms with Gasteiger partial charge in [-0.2, -0.15) is 0 Å². The SMILES string of the molecule is Cc1cccc(CCN2CC(=O)NC(C3CC3)C2=O)c1. The molecule has 0 aromatic heterocycles. The van der Waals surface area contributed by atoms with Crippen molar-refractivity contribution >= 4 is 11.8 Å². The van der Waals surface area contributed by atoms with E-state index in [4.69, 9.17) is 0 Å². The van der Waals surface area contributed by atoms with E-state index in [1.165, 1.54) is 11.1 Å². The summed E-state index contributed by atoms with van der Waals surface area (Å²) in [6.07, 6.45) is 2.92. The average molecular weight is 272 g/mol. The Balaban J connectivity index is 1.63. The molecule has 1 unspecified atom stereocenters. The highest BCUT2D eigenvalue weighted by atomic mass is 16.2. The highest BCUT2D eigenvalue weighted by Gasteiger charge is 2.42. The van der Waals surface area contributed by atoms with Crippen molar-refractivity contribution in [3.05, 3.63) is 35.4 Å². The molecule has 1 N–H and O–H groups in total. The van der Waals surface area contributed by atoms with Gasteiger partial charge in [-0.05, 0) is 37.7 Å². The smallest absolute Gasteiger partial charge is 0.245 e. The molecule has 1 aliphatic carbocycles. The van der Waals surface area contributed by atoms with E-state index in [1.54, 1.807) is 4.90 Å². The van der Waals surface area contributed by atoms with E-state index in [0.29, 0.717) is 12.5 Å². The number of carbonyl (C=O) groups excluding carboxylic acids is 2. The molecule has 2 aliphatic rings. The van der Waals surface area contributed by atoms with E-state index in [1.807, 2.05) is 6.07 Å². The minimum Gasteiger partial charge on any atom is -0.342 e. The molecular formula is C16H20N2O2. The van der Waals surface area contributed by atoms with E-state index in [-0.39, 0.29) is 24.4 Å². The number of hydrogen-bond acceptors (Lipinski definition) is 2. The second-order valence-electron chi connectivity index (χ2n) is 5.88. The molecule has 2 amide bonds. The molecule has 1 aliphatic heterocycles. The van der Waals surface area contributed by atoms with Crippen LogP contribution in [0.4, 0.5) is 0 Å². The van der Waals surface area contributed by atoms with Gasteiger partial charge < -0.3 is 10.2 Å². The average Bonchev–Trinajstić information content (AvgIpc) is 3.24. The Kier molecular flexibility index (Phi) is 3.47. The number of piperazine rings is 1. The lowest BCUT2D eigenvalue weighted by Gasteiger charge is -2.32. The van der Waals surface area contributed by atoms with Crippen molar-refractivity contribution in [2.75, 3.05) is 13.1 Å². The number of carbonyl (C=O) groups is 2. The normalized spacial score (nSPS) is 22.9. The Morgan fingerprint density at radius 2 is 2.10 bits per heavy atom. The lowest BCUT2D eigenvalue weighted by atomic mass is 10.1. The lowest BCUT2D eigenvalue weighted by molar-refractivity contribution is -0.144. The summed E-state index contributed by atoms with van der Waals surface area (Å²) in [5.41, 5.74) is 2.44. The van der Waals surface area contributed by atoms with Crippen molar-refractivity contribution in [3.63, 3.8) is 0 Å². The van der Waals surface area contributed by atoms with E-state index in [0.717, 1.165) is 19.3 Å². The van der Waals surface area contributed by atoms with Gasteiger partial charge in [0.2, 0.25) is 11.8 Å². The molecule has 3 rings (SSSR count). The van der Waals surface area contributed by atoms with E-state index in [2.05, 4.69) is 30.4 Å². The lowest BCUT2D eigenvalue weighted by Crippen LogP contribution is -2.59. The van der Waals surface area contributed by atoms with Crippen LogP contribution in [0.3, 0.4) is 0 Å². The van der Waals surface area contributed by atoms with Crippen LogP contribution in [0.1, 0.15) is 24.0 Å².